The van der Waals surface area contributed by atoms with Gasteiger partial charge in [-0.05, 0) is 13.3 Å². The summed E-state index contributed by atoms with van der Waals surface area (Å²) in [7, 11) is 0. The average molecular weight is 480 g/mol. The zero-order valence-electron chi connectivity index (χ0n) is 15.1. The van der Waals surface area contributed by atoms with Crippen LogP contribution in [0, 0.1) is 5.92 Å². The van der Waals surface area contributed by atoms with Gasteiger partial charge in [0.05, 0.1) is 6.61 Å². The van der Waals surface area contributed by atoms with E-state index in [1.807, 2.05) is 0 Å². The van der Waals surface area contributed by atoms with Gasteiger partial charge in [0.2, 0.25) is 5.13 Å². The number of aliphatic imine (C=N–C) groups is 1. The SMILES string of the molecule is CCNC(=NCC1CCOC1)N1CCN(c2nc(CC)ns2)CC1.I. The van der Waals surface area contributed by atoms with Gasteiger partial charge in [0.1, 0.15) is 5.82 Å². The lowest BCUT2D eigenvalue weighted by Gasteiger charge is -2.36. The van der Waals surface area contributed by atoms with Gasteiger partial charge in [0.25, 0.3) is 0 Å². The van der Waals surface area contributed by atoms with Gasteiger partial charge >= 0.3 is 0 Å². The summed E-state index contributed by atoms with van der Waals surface area (Å²) in [5, 5.41) is 4.49. The molecule has 25 heavy (non-hydrogen) atoms. The number of guanidine groups is 1. The molecule has 0 amide bonds. The summed E-state index contributed by atoms with van der Waals surface area (Å²) >= 11 is 1.51. The van der Waals surface area contributed by atoms with Gasteiger partial charge in [0, 0.05) is 69.7 Å². The first kappa shape index (κ1) is 20.6. The number of hydrogen-bond donors (Lipinski definition) is 1. The molecule has 142 valence electrons. The van der Waals surface area contributed by atoms with E-state index in [-0.39, 0.29) is 24.0 Å². The molecule has 2 aliphatic rings. The van der Waals surface area contributed by atoms with Crippen molar-refractivity contribution in [2.45, 2.75) is 26.7 Å². The number of aromatic nitrogens is 2. The van der Waals surface area contributed by atoms with Gasteiger partial charge in [-0.3, -0.25) is 4.99 Å². The number of rotatable bonds is 5. The van der Waals surface area contributed by atoms with Crippen molar-refractivity contribution in [2.75, 3.05) is 57.4 Å². The first-order valence-corrected chi connectivity index (χ1v) is 9.76. The van der Waals surface area contributed by atoms with Crippen molar-refractivity contribution in [3.05, 3.63) is 5.82 Å². The second-order valence-corrected chi connectivity index (χ2v) is 6.98. The Kier molecular flexibility index (Phi) is 8.63. The molecule has 1 N–H and O–H groups in total. The molecule has 7 nitrogen and oxygen atoms in total. The van der Waals surface area contributed by atoms with Crippen molar-refractivity contribution >= 4 is 46.6 Å². The fraction of sp³-hybridized carbons (Fsp3) is 0.812. The van der Waals surface area contributed by atoms with Crippen LogP contribution in [0.1, 0.15) is 26.1 Å². The Morgan fingerprint density at radius 2 is 2.12 bits per heavy atom. The van der Waals surface area contributed by atoms with Crippen molar-refractivity contribution in [2.24, 2.45) is 10.9 Å². The van der Waals surface area contributed by atoms with Crippen LogP contribution in [0.3, 0.4) is 0 Å². The molecule has 0 radical (unpaired) electrons. The van der Waals surface area contributed by atoms with Crippen LogP contribution in [-0.2, 0) is 11.2 Å². The van der Waals surface area contributed by atoms with E-state index < -0.39 is 0 Å². The van der Waals surface area contributed by atoms with Crippen molar-refractivity contribution in [1.29, 1.82) is 0 Å². The van der Waals surface area contributed by atoms with Crippen LogP contribution in [0.4, 0.5) is 5.13 Å². The fourth-order valence-electron chi connectivity index (χ4n) is 3.00. The number of nitrogens with one attached hydrogen (secondary N) is 1. The Hall–Kier alpha value is -0.680. The predicted octanol–water partition coefficient (Wildman–Crippen LogP) is 1.84. The summed E-state index contributed by atoms with van der Waals surface area (Å²) in [5.74, 6) is 2.57. The number of ether oxygens (including phenoxy) is 1. The molecule has 3 heterocycles. The van der Waals surface area contributed by atoms with Crippen LogP contribution in [0.2, 0.25) is 0 Å². The number of piperazine rings is 1. The lowest BCUT2D eigenvalue weighted by atomic mass is 10.1. The molecule has 1 aromatic rings. The lowest BCUT2D eigenvalue weighted by molar-refractivity contribution is 0.187. The second-order valence-electron chi connectivity index (χ2n) is 6.25. The fourth-order valence-corrected chi connectivity index (χ4v) is 3.80. The molecule has 0 saturated carbocycles. The molecule has 2 aliphatic heterocycles. The Bertz CT molecular complexity index is 540. The molecule has 1 aromatic heterocycles. The Labute approximate surface area is 171 Å². The van der Waals surface area contributed by atoms with Crippen LogP contribution in [-0.4, -0.2) is 72.7 Å². The molecule has 3 rings (SSSR count). The van der Waals surface area contributed by atoms with E-state index in [4.69, 9.17) is 9.73 Å². The normalized spacial score (nSPS) is 21.4. The molecular weight excluding hydrogens is 451 g/mol. The molecule has 9 heteroatoms. The van der Waals surface area contributed by atoms with Gasteiger partial charge in [-0.2, -0.15) is 4.37 Å². The quantitative estimate of drug-likeness (QED) is 0.394. The Morgan fingerprint density at radius 3 is 2.72 bits per heavy atom. The second kappa shape index (κ2) is 10.5. The summed E-state index contributed by atoms with van der Waals surface area (Å²) in [6.07, 6.45) is 2.03. The minimum Gasteiger partial charge on any atom is -0.381 e. The highest BCUT2D eigenvalue weighted by atomic mass is 127. The van der Waals surface area contributed by atoms with E-state index >= 15 is 0 Å². The first-order chi connectivity index (χ1) is 11.8. The number of aryl methyl sites for hydroxylation is 1. The molecular formula is C16H29IN6OS. The van der Waals surface area contributed by atoms with E-state index in [1.165, 1.54) is 11.5 Å². The van der Waals surface area contributed by atoms with E-state index in [2.05, 4.69) is 38.3 Å². The molecule has 0 bridgehead atoms. The van der Waals surface area contributed by atoms with Crippen LogP contribution in [0.5, 0.6) is 0 Å². The van der Waals surface area contributed by atoms with E-state index in [9.17, 15) is 0 Å². The minimum atomic E-state index is 0. The maximum atomic E-state index is 5.45. The maximum absolute atomic E-state index is 5.45. The third-order valence-electron chi connectivity index (χ3n) is 4.48. The highest BCUT2D eigenvalue weighted by Crippen LogP contribution is 2.19. The molecule has 2 fully saturated rings. The van der Waals surface area contributed by atoms with Crippen molar-refractivity contribution in [3.8, 4) is 0 Å². The number of nitrogens with zero attached hydrogens (tertiary/aromatic N) is 5. The number of halogens is 1. The topological polar surface area (TPSA) is 65.9 Å². The zero-order valence-corrected chi connectivity index (χ0v) is 18.3. The number of anilines is 1. The molecule has 0 aliphatic carbocycles. The minimum absolute atomic E-state index is 0. The third kappa shape index (κ3) is 5.65. The molecule has 2 saturated heterocycles. The third-order valence-corrected chi connectivity index (χ3v) is 5.30. The van der Waals surface area contributed by atoms with Crippen LogP contribution < -0.4 is 10.2 Å². The standard InChI is InChI=1S/C16H28N6OS.HI/c1-3-14-19-16(24-20-14)22-8-6-21(7-9-22)15(17-4-2)18-11-13-5-10-23-12-13;/h13H,3-12H2,1-2H3,(H,17,18);1H. The number of hydrogen-bond acceptors (Lipinski definition) is 6. The Balaban J connectivity index is 0.00000225. The van der Waals surface area contributed by atoms with Gasteiger partial charge in [-0.1, -0.05) is 6.92 Å². The van der Waals surface area contributed by atoms with Crippen molar-refractivity contribution in [3.63, 3.8) is 0 Å². The molecule has 1 unspecified atom stereocenters. The Morgan fingerprint density at radius 1 is 1.32 bits per heavy atom. The van der Waals surface area contributed by atoms with Crippen LogP contribution in [0.25, 0.3) is 0 Å². The van der Waals surface area contributed by atoms with E-state index in [0.29, 0.717) is 5.92 Å². The zero-order chi connectivity index (χ0) is 16.8. The van der Waals surface area contributed by atoms with Crippen LogP contribution >= 0.6 is 35.5 Å². The summed E-state index contributed by atoms with van der Waals surface area (Å²) in [4.78, 5) is 14.1. The lowest BCUT2D eigenvalue weighted by Crippen LogP contribution is -2.52. The summed E-state index contributed by atoms with van der Waals surface area (Å²) in [6.45, 7) is 11.6. The monoisotopic (exact) mass is 480 g/mol. The summed E-state index contributed by atoms with van der Waals surface area (Å²) < 4.78 is 9.84. The molecule has 1 atom stereocenters. The van der Waals surface area contributed by atoms with Gasteiger partial charge in [-0.25, -0.2) is 4.98 Å². The van der Waals surface area contributed by atoms with Crippen molar-refractivity contribution < 1.29 is 4.74 Å². The summed E-state index contributed by atoms with van der Waals surface area (Å²) in [6, 6.07) is 0. The molecule has 0 spiro atoms. The van der Waals surface area contributed by atoms with Gasteiger partial charge in [0.15, 0.2) is 5.96 Å². The first-order valence-electron chi connectivity index (χ1n) is 8.98. The highest BCUT2D eigenvalue weighted by molar-refractivity contribution is 14.0. The van der Waals surface area contributed by atoms with Gasteiger partial charge < -0.3 is 19.9 Å². The van der Waals surface area contributed by atoms with Gasteiger partial charge in [-0.15, -0.1) is 24.0 Å². The van der Waals surface area contributed by atoms with Crippen LogP contribution in [0.15, 0.2) is 4.99 Å². The van der Waals surface area contributed by atoms with E-state index in [1.54, 1.807) is 0 Å². The van der Waals surface area contributed by atoms with E-state index in [0.717, 1.165) is 82.2 Å². The highest BCUT2D eigenvalue weighted by Gasteiger charge is 2.22. The predicted molar refractivity (Wildman–Crippen MR) is 113 cm³/mol. The largest absolute Gasteiger partial charge is 0.381 e. The molecule has 0 aromatic carbocycles. The smallest absolute Gasteiger partial charge is 0.205 e. The summed E-state index contributed by atoms with van der Waals surface area (Å²) in [5.41, 5.74) is 0. The maximum Gasteiger partial charge on any atom is 0.205 e. The van der Waals surface area contributed by atoms with Crippen molar-refractivity contribution in [1.82, 2.24) is 19.6 Å². The average Bonchev–Trinajstić information content (AvgIpc) is 3.30.